The van der Waals surface area contributed by atoms with Gasteiger partial charge in [0.1, 0.15) is 6.54 Å². The lowest BCUT2D eigenvalue weighted by molar-refractivity contribution is -0.145. The molecule has 10 heteroatoms. The second-order valence-electron chi connectivity index (χ2n) is 5.22. The average molecular weight is 406 g/mol. The van der Waals surface area contributed by atoms with Crippen LogP contribution in [0.3, 0.4) is 0 Å². The van der Waals surface area contributed by atoms with Crippen LogP contribution in [0.25, 0.3) is 0 Å². The van der Waals surface area contributed by atoms with Crippen molar-refractivity contribution >= 4 is 46.7 Å². The molecule has 1 aromatic carbocycles. The quantitative estimate of drug-likeness (QED) is 0.526. The van der Waals surface area contributed by atoms with E-state index in [1.165, 1.54) is 16.7 Å². The summed E-state index contributed by atoms with van der Waals surface area (Å²) in [4.78, 5) is 26.2. The number of aromatic nitrogens is 2. The second kappa shape index (κ2) is 10.4. The van der Waals surface area contributed by atoms with Gasteiger partial charge in [-0.1, -0.05) is 23.7 Å². The summed E-state index contributed by atoms with van der Waals surface area (Å²) in [5.74, 6) is -0.343. The molecule has 0 saturated carbocycles. The van der Waals surface area contributed by atoms with Crippen molar-refractivity contribution in [1.82, 2.24) is 10.2 Å². The number of para-hydroxylation sites is 1. The smallest absolute Gasteiger partial charge is 0.326 e. The fourth-order valence-electron chi connectivity index (χ4n) is 1.97. The number of benzene rings is 1. The third kappa shape index (κ3) is 6.77. The number of nitrogens with one attached hydrogen (secondary N) is 1. The predicted molar refractivity (Wildman–Crippen MR) is 103 cm³/mol. The number of ether oxygens (including phenoxy) is 1. The number of thioether (sulfide) groups is 1. The molecule has 0 radical (unpaired) electrons. The molecule has 0 atom stereocenters. The lowest BCUT2D eigenvalue weighted by Crippen LogP contribution is -2.30. The SMILES string of the molecule is CN(CC(=O)OCC(=O)Nc1ccccc1SCC#N)c1ccc(Cl)nn1. The zero-order chi connectivity index (χ0) is 19.6. The number of carbonyl (C=O) groups is 2. The fourth-order valence-corrected chi connectivity index (χ4v) is 2.74. The maximum absolute atomic E-state index is 12.0. The van der Waals surface area contributed by atoms with E-state index < -0.39 is 18.5 Å². The Hall–Kier alpha value is -2.83. The minimum atomic E-state index is -0.587. The third-order valence-corrected chi connectivity index (χ3v) is 4.33. The van der Waals surface area contributed by atoms with Crippen LogP contribution in [0.2, 0.25) is 5.15 Å². The van der Waals surface area contributed by atoms with Crippen LogP contribution in [0.15, 0.2) is 41.3 Å². The summed E-state index contributed by atoms with van der Waals surface area (Å²) in [5, 5.41) is 19.1. The van der Waals surface area contributed by atoms with Crippen LogP contribution in [0, 0.1) is 11.3 Å². The van der Waals surface area contributed by atoms with E-state index in [4.69, 9.17) is 21.6 Å². The molecule has 0 saturated heterocycles. The molecule has 0 fully saturated rings. The first-order chi connectivity index (χ1) is 13.0. The van der Waals surface area contributed by atoms with Gasteiger partial charge < -0.3 is 15.0 Å². The molecule has 0 spiro atoms. The molecule has 2 aromatic rings. The van der Waals surface area contributed by atoms with E-state index in [1.54, 1.807) is 37.4 Å². The van der Waals surface area contributed by atoms with E-state index in [9.17, 15) is 9.59 Å². The van der Waals surface area contributed by atoms with Gasteiger partial charge in [-0.2, -0.15) is 5.26 Å². The number of carbonyl (C=O) groups excluding carboxylic acids is 2. The van der Waals surface area contributed by atoms with Crippen molar-refractivity contribution in [2.24, 2.45) is 0 Å². The molecule has 0 bridgehead atoms. The number of anilines is 2. The topological polar surface area (TPSA) is 108 Å². The van der Waals surface area contributed by atoms with E-state index in [1.807, 2.05) is 12.1 Å². The van der Waals surface area contributed by atoms with Crippen LogP contribution in [-0.2, 0) is 14.3 Å². The van der Waals surface area contributed by atoms with E-state index >= 15 is 0 Å². The number of esters is 1. The van der Waals surface area contributed by atoms with Crippen LogP contribution >= 0.6 is 23.4 Å². The van der Waals surface area contributed by atoms with Gasteiger partial charge in [-0.25, -0.2) is 0 Å². The molecule has 140 valence electrons. The maximum atomic E-state index is 12.0. The van der Waals surface area contributed by atoms with Crippen LogP contribution < -0.4 is 10.2 Å². The molecule has 0 unspecified atom stereocenters. The van der Waals surface area contributed by atoms with Gasteiger partial charge in [-0.05, 0) is 24.3 Å². The molecule has 1 aromatic heterocycles. The highest BCUT2D eigenvalue weighted by atomic mass is 35.5. The first-order valence-electron chi connectivity index (χ1n) is 7.74. The third-order valence-electron chi connectivity index (χ3n) is 3.19. The summed E-state index contributed by atoms with van der Waals surface area (Å²) >= 11 is 6.97. The molecule has 1 N–H and O–H groups in total. The summed E-state index contributed by atoms with van der Waals surface area (Å²) < 4.78 is 4.99. The number of amides is 1. The van der Waals surface area contributed by atoms with Crippen molar-refractivity contribution in [1.29, 1.82) is 5.26 Å². The standard InChI is InChI=1S/C17H16ClN5O3S/c1-23(15-7-6-14(18)21-22-15)10-17(25)26-11-16(24)20-12-4-2-3-5-13(12)27-9-8-19/h2-7H,9-11H2,1H3,(H,20,24). The van der Waals surface area contributed by atoms with E-state index in [0.717, 1.165) is 4.90 Å². The molecule has 0 aliphatic rings. The van der Waals surface area contributed by atoms with Gasteiger partial charge >= 0.3 is 5.97 Å². The largest absolute Gasteiger partial charge is 0.454 e. The first kappa shape index (κ1) is 20.5. The van der Waals surface area contributed by atoms with Gasteiger partial charge in [0, 0.05) is 11.9 Å². The number of nitriles is 1. The Morgan fingerprint density at radius 2 is 2.07 bits per heavy atom. The van der Waals surface area contributed by atoms with Gasteiger partial charge in [-0.3, -0.25) is 9.59 Å². The summed E-state index contributed by atoms with van der Waals surface area (Å²) in [6, 6.07) is 12.3. The molecular weight excluding hydrogens is 390 g/mol. The van der Waals surface area contributed by atoms with Crippen LogP contribution in [0.5, 0.6) is 0 Å². The van der Waals surface area contributed by atoms with Crippen molar-refractivity contribution in [3.05, 3.63) is 41.6 Å². The van der Waals surface area contributed by atoms with Crippen molar-refractivity contribution < 1.29 is 14.3 Å². The van der Waals surface area contributed by atoms with Gasteiger partial charge in [0.15, 0.2) is 17.6 Å². The fraction of sp³-hybridized carbons (Fsp3) is 0.235. The Balaban J connectivity index is 1.82. The van der Waals surface area contributed by atoms with Crippen molar-refractivity contribution in [3.63, 3.8) is 0 Å². The summed E-state index contributed by atoms with van der Waals surface area (Å²) in [5.41, 5.74) is 0.562. The van der Waals surface area contributed by atoms with Crippen molar-refractivity contribution in [2.75, 3.05) is 36.2 Å². The Morgan fingerprint density at radius 1 is 1.30 bits per heavy atom. The summed E-state index contributed by atoms with van der Waals surface area (Å²) in [6.45, 7) is -0.519. The summed E-state index contributed by atoms with van der Waals surface area (Å²) in [7, 11) is 1.64. The first-order valence-corrected chi connectivity index (χ1v) is 9.10. The lowest BCUT2D eigenvalue weighted by atomic mass is 10.3. The number of rotatable bonds is 8. The lowest BCUT2D eigenvalue weighted by Gasteiger charge is -2.16. The maximum Gasteiger partial charge on any atom is 0.326 e. The average Bonchev–Trinajstić information content (AvgIpc) is 2.66. The zero-order valence-corrected chi connectivity index (χ0v) is 16.0. The van der Waals surface area contributed by atoms with Gasteiger partial charge in [0.05, 0.1) is 17.5 Å². The molecule has 8 nitrogen and oxygen atoms in total. The van der Waals surface area contributed by atoms with E-state index in [0.29, 0.717) is 11.5 Å². The summed E-state index contributed by atoms with van der Waals surface area (Å²) in [6.07, 6.45) is 0. The molecule has 0 aliphatic heterocycles. The van der Waals surface area contributed by atoms with Gasteiger partial charge in [0.25, 0.3) is 5.91 Å². The Bertz CT molecular complexity index is 841. The minimum Gasteiger partial charge on any atom is -0.454 e. The number of hydrogen-bond donors (Lipinski definition) is 1. The number of nitrogens with zero attached hydrogens (tertiary/aromatic N) is 4. The Morgan fingerprint density at radius 3 is 2.78 bits per heavy atom. The van der Waals surface area contributed by atoms with Gasteiger partial charge in [-0.15, -0.1) is 22.0 Å². The Kier molecular flexibility index (Phi) is 7.85. The number of halogens is 1. The predicted octanol–water partition coefficient (Wildman–Crippen LogP) is 2.36. The monoisotopic (exact) mass is 405 g/mol. The number of likely N-dealkylation sites (N-methyl/N-ethyl adjacent to an activating group) is 1. The normalized spacial score (nSPS) is 9.96. The van der Waals surface area contributed by atoms with Crippen LogP contribution in [-0.4, -0.2) is 48.0 Å². The minimum absolute atomic E-state index is 0.0990. The highest BCUT2D eigenvalue weighted by Crippen LogP contribution is 2.26. The van der Waals surface area contributed by atoms with Crippen molar-refractivity contribution in [3.8, 4) is 6.07 Å². The van der Waals surface area contributed by atoms with Crippen LogP contribution in [0.1, 0.15) is 0 Å². The molecule has 1 amide bonds. The highest BCUT2D eigenvalue weighted by Gasteiger charge is 2.13. The molecule has 27 heavy (non-hydrogen) atoms. The Labute approximate surface area is 165 Å². The number of hydrogen-bond acceptors (Lipinski definition) is 8. The molecule has 1 heterocycles. The van der Waals surface area contributed by atoms with E-state index in [2.05, 4.69) is 15.5 Å². The molecule has 2 rings (SSSR count). The van der Waals surface area contributed by atoms with Crippen LogP contribution in [0.4, 0.5) is 11.5 Å². The van der Waals surface area contributed by atoms with E-state index in [-0.39, 0.29) is 17.5 Å². The second-order valence-corrected chi connectivity index (χ2v) is 6.63. The molecular formula is C17H16ClN5O3S. The van der Waals surface area contributed by atoms with Gasteiger partial charge in [0.2, 0.25) is 0 Å². The molecule has 0 aliphatic carbocycles. The highest BCUT2D eigenvalue weighted by molar-refractivity contribution is 7.99. The van der Waals surface area contributed by atoms with Crippen molar-refractivity contribution in [2.45, 2.75) is 4.90 Å². The zero-order valence-electron chi connectivity index (χ0n) is 14.4.